The maximum atomic E-state index is 5.98. The van der Waals surface area contributed by atoms with Crippen LogP contribution >= 0.6 is 11.6 Å². The zero-order valence-corrected chi connectivity index (χ0v) is 13.3. The van der Waals surface area contributed by atoms with Gasteiger partial charge in [0.2, 0.25) is 0 Å². The fraction of sp³-hybridized carbons (Fsp3) is 0.647. The van der Waals surface area contributed by atoms with Gasteiger partial charge in [0.15, 0.2) is 5.65 Å². The second-order valence-electron chi connectivity index (χ2n) is 6.71. The second-order valence-corrected chi connectivity index (χ2v) is 7.09. The molecule has 0 bridgehead atoms. The van der Waals surface area contributed by atoms with Crippen molar-refractivity contribution in [3.8, 4) is 0 Å². The van der Waals surface area contributed by atoms with E-state index in [-0.39, 0.29) is 0 Å². The highest BCUT2D eigenvalue weighted by atomic mass is 35.5. The summed E-state index contributed by atoms with van der Waals surface area (Å²) in [6.45, 7) is 3.14. The third-order valence-electron chi connectivity index (χ3n) is 4.98. The Bertz CT molecular complexity index is 643. The van der Waals surface area contributed by atoms with Gasteiger partial charge in [-0.05, 0) is 62.5 Å². The predicted octanol–water partition coefficient (Wildman–Crippen LogP) is 3.96. The van der Waals surface area contributed by atoms with E-state index in [9.17, 15) is 0 Å². The van der Waals surface area contributed by atoms with Gasteiger partial charge in [-0.3, -0.25) is 0 Å². The Morgan fingerprint density at radius 2 is 1.90 bits per heavy atom. The average Bonchev–Trinajstić information content (AvgIpc) is 3.35. The lowest BCUT2D eigenvalue weighted by atomic mass is 9.98. The summed E-state index contributed by atoms with van der Waals surface area (Å²) in [5, 5.41) is 0. The molecule has 2 aliphatic carbocycles. The van der Waals surface area contributed by atoms with Gasteiger partial charge in [0, 0.05) is 24.5 Å². The first-order chi connectivity index (χ1) is 10.3. The SMILES string of the molecule is Cc1ccc2nc(CCCl)n(CC(C3CC3)C3CC3)c2n1. The minimum Gasteiger partial charge on any atom is -0.312 e. The Morgan fingerprint density at radius 3 is 2.52 bits per heavy atom. The number of aryl methyl sites for hydroxylation is 2. The van der Waals surface area contributed by atoms with E-state index in [0.717, 1.165) is 53.4 Å². The lowest BCUT2D eigenvalue weighted by Gasteiger charge is -2.18. The largest absolute Gasteiger partial charge is 0.312 e. The van der Waals surface area contributed by atoms with Crippen molar-refractivity contribution in [2.24, 2.45) is 17.8 Å². The number of aromatic nitrogens is 3. The predicted molar refractivity (Wildman–Crippen MR) is 85.6 cm³/mol. The van der Waals surface area contributed by atoms with Gasteiger partial charge in [0.1, 0.15) is 11.3 Å². The Labute approximate surface area is 130 Å². The molecule has 3 nitrogen and oxygen atoms in total. The molecule has 2 fully saturated rings. The van der Waals surface area contributed by atoms with Crippen LogP contribution in [0.3, 0.4) is 0 Å². The maximum absolute atomic E-state index is 5.98. The molecule has 0 radical (unpaired) electrons. The van der Waals surface area contributed by atoms with Crippen LogP contribution in [0, 0.1) is 24.7 Å². The molecule has 2 aliphatic rings. The zero-order chi connectivity index (χ0) is 14.4. The normalized spacial score (nSPS) is 18.8. The number of pyridine rings is 1. The number of hydrogen-bond acceptors (Lipinski definition) is 2. The van der Waals surface area contributed by atoms with E-state index in [0.29, 0.717) is 5.88 Å². The van der Waals surface area contributed by atoms with Crippen LogP contribution in [0.2, 0.25) is 0 Å². The molecule has 0 aromatic carbocycles. The molecule has 0 amide bonds. The first-order valence-corrected chi connectivity index (χ1v) is 8.68. The van der Waals surface area contributed by atoms with Gasteiger partial charge in [-0.2, -0.15) is 0 Å². The molecule has 0 N–H and O–H groups in total. The molecule has 0 spiro atoms. The monoisotopic (exact) mass is 303 g/mol. The van der Waals surface area contributed by atoms with Crippen LogP contribution in [0.4, 0.5) is 0 Å². The van der Waals surface area contributed by atoms with Crippen LogP contribution in [0.1, 0.15) is 37.2 Å². The van der Waals surface area contributed by atoms with Gasteiger partial charge < -0.3 is 4.57 Å². The van der Waals surface area contributed by atoms with Crippen LogP contribution in [0.25, 0.3) is 11.2 Å². The van der Waals surface area contributed by atoms with Crippen molar-refractivity contribution in [2.45, 2.75) is 45.6 Å². The van der Waals surface area contributed by atoms with Crippen molar-refractivity contribution in [1.82, 2.24) is 14.5 Å². The van der Waals surface area contributed by atoms with E-state index in [1.165, 1.54) is 25.7 Å². The van der Waals surface area contributed by atoms with Crippen molar-refractivity contribution >= 4 is 22.8 Å². The lowest BCUT2D eigenvalue weighted by molar-refractivity contribution is 0.348. The van der Waals surface area contributed by atoms with Gasteiger partial charge in [0.25, 0.3) is 0 Å². The average molecular weight is 304 g/mol. The van der Waals surface area contributed by atoms with Crippen LogP contribution in [0.5, 0.6) is 0 Å². The third kappa shape index (κ3) is 2.68. The molecular formula is C17H22ClN3. The molecule has 0 aliphatic heterocycles. The Morgan fingerprint density at radius 1 is 1.19 bits per heavy atom. The summed E-state index contributed by atoms with van der Waals surface area (Å²) in [6.07, 6.45) is 6.52. The standard InChI is InChI=1S/C17H22ClN3/c1-11-2-7-15-17(19-11)21(16(20-15)8-9-18)10-14(12-3-4-12)13-5-6-13/h2,7,12-14H,3-6,8-10H2,1H3. The smallest absolute Gasteiger partial charge is 0.160 e. The summed E-state index contributed by atoms with van der Waals surface area (Å²) in [5.41, 5.74) is 3.14. The molecule has 2 aromatic rings. The van der Waals surface area contributed by atoms with Gasteiger partial charge in [-0.1, -0.05) is 0 Å². The molecule has 2 saturated carbocycles. The number of fused-ring (bicyclic) bond motifs is 1. The van der Waals surface area contributed by atoms with E-state index < -0.39 is 0 Å². The minimum absolute atomic E-state index is 0.625. The molecule has 2 aromatic heterocycles. The van der Waals surface area contributed by atoms with Crippen molar-refractivity contribution in [3.05, 3.63) is 23.7 Å². The number of hydrogen-bond donors (Lipinski definition) is 0. The quantitative estimate of drug-likeness (QED) is 0.756. The summed E-state index contributed by atoms with van der Waals surface area (Å²) < 4.78 is 2.37. The minimum atomic E-state index is 0.625. The second kappa shape index (κ2) is 5.28. The molecular weight excluding hydrogens is 282 g/mol. The molecule has 21 heavy (non-hydrogen) atoms. The van der Waals surface area contributed by atoms with Gasteiger partial charge in [-0.25, -0.2) is 9.97 Å². The van der Waals surface area contributed by atoms with E-state index in [1.807, 2.05) is 6.07 Å². The molecule has 0 saturated heterocycles. The van der Waals surface area contributed by atoms with E-state index >= 15 is 0 Å². The zero-order valence-electron chi connectivity index (χ0n) is 12.6. The highest BCUT2D eigenvalue weighted by Crippen LogP contribution is 2.50. The van der Waals surface area contributed by atoms with Crippen LogP contribution in [-0.4, -0.2) is 20.4 Å². The number of alkyl halides is 1. The first-order valence-electron chi connectivity index (χ1n) is 8.15. The summed E-state index contributed by atoms with van der Waals surface area (Å²) in [5.74, 6) is 4.47. The third-order valence-corrected chi connectivity index (χ3v) is 5.17. The summed E-state index contributed by atoms with van der Waals surface area (Å²) >= 11 is 5.98. The summed E-state index contributed by atoms with van der Waals surface area (Å²) in [4.78, 5) is 9.52. The topological polar surface area (TPSA) is 30.7 Å². The number of rotatable bonds is 6. The lowest BCUT2D eigenvalue weighted by Crippen LogP contribution is -2.17. The van der Waals surface area contributed by atoms with Gasteiger partial charge in [0.05, 0.1) is 0 Å². The molecule has 2 heterocycles. The summed E-state index contributed by atoms with van der Waals surface area (Å²) in [6, 6.07) is 4.14. The fourth-order valence-corrected chi connectivity index (χ4v) is 3.72. The highest BCUT2D eigenvalue weighted by Gasteiger charge is 2.41. The van der Waals surface area contributed by atoms with Gasteiger partial charge >= 0.3 is 0 Å². The van der Waals surface area contributed by atoms with Crippen molar-refractivity contribution in [1.29, 1.82) is 0 Å². The number of imidazole rings is 1. The van der Waals surface area contributed by atoms with Gasteiger partial charge in [-0.15, -0.1) is 11.6 Å². The van der Waals surface area contributed by atoms with E-state index in [1.54, 1.807) is 0 Å². The Kier molecular flexibility index (Phi) is 3.41. The van der Waals surface area contributed by atoms with Crippen molar-refractivity contribution in [3.63, 3.8) is 0 Å². The summed E-state index contributed by atoms with van der Waals surface area (Å²) in [7, 11) is 0. The Hall–Kier alpha value is -1.09. The molecule has 112 valence electrons. The van der Waals surface area contributed by atoms with E-state index in [4.69, 9.17) is 21.6 Å². The fourth-order valence-electron chi connectivity index (χ4n) is 3.55. The Balaban J connectivity index is 1.73. The van der Waals surface area contributed by atoms with Crippen LogP contribution < -0.4 is 0 Å². The number of nitrogens with zero attached hydrogens (tertiary/aromatic N) is 3. The van der Waals surface area contributed by atoms with Crippen LogP contribution in [0.15, 0.2) is 12.1 Å². The number of halogens is 1. The maximum Gasteiger partial charge on any atom is 0.160 e. The first kappa shape index (κ1) is 13.6. The van der Waals surface area contributed by atoms with Crippen molar-refractivity contribution in [2.75, 3.05) is 5.88 Å². The van der Waals surface area contributed by atoms with E-state index in [2.05, 4.69) is 17.6 Å². The molecule has 4 rings (SSSR count). The van der Waals surface area contributed by atoms with Crippen LogP contribution in [-0.2, 0) is 13.0 Å². The molecule has 0 unspecified atom stereocenters. The van der Waals surface area contributed by atoms with Crippen molar-refractivity contribution < 1.29 is 0 Å². The molecule has 0 atom stereocenters. The molecule has 4 heteroatoms. The highest BCUT2D eigenvalue weighted by molar-refractivity contribution is 6.17.